The Hall–Kier alpha value is -1.99. The maximum Gasteiger partial charge on any atom is 0.245 e. The minimum absolute atomic E-state index is 0.0120. The zero-order valence-corrected chi connectivity index (χ0v) is 18.9. The van der Waals surface area contributed by atoms with Gasteiger partial charge in [-0.25, -0.2) is 4.39 Å². The van der Waals surface area contributed by atoms with Gasteiger partial charge in [0.05, 0.1) is 6.04 Å². The zero-order chi connectivity index (χ0) is 22.3. The molecule has 1 heterocycles. The maximum atomic E-state index is 13.4. The number of benzene rings is 1. The lowest BCUT2D eigenvalue weighted by molar-refractivity contribution is -0.140. The molecule has 1 aromatic rings. The van der Waals surface area contributed by atoms with Crippen LogP contribution in [0.15, 0.2) is 24.3 Å². The van der Waals surface area contributed by atoms with E-state index in [1.54, 1.807) is 26.1 Å². The van der Waals surface area contributed by atoms with Crippen LogP contribution in [0.1, 0.15) is 46.1 Å². The normalized spacial score (nSPS) is 18.9. The number of amides is 2. The largest absolute Gasteiger partial charge is 0.342 e. The van der Waals surface area contributed by atoms with E-state index in [-0.39, 0.29) is 35.1 Å². The van der Waals surface area contributed by atoms with Crippen molar-refractivity contribution in [3.05, 3.63) is 35.6 Å². The van der Waals surface area contributed by atoms with Gasteiger partial charge < -0.3 is 20.9 Å². The number of halogens is 1. The Morgan fingerprint density at radius 3 is 2.50 bits per heavy atom. The van der Waals surface area contributed by atoms with Gasteiger partial charge in [-0.3, -0.25) is 9.59 Å². The van der Waals surface area contributed by atoms with Crippen LogP contribution in [0.4, 0.5) is 4.39 Å². The molecule has 1 fully saturated rings. The van der Waals surface area contributed by atoms with Crippen LogP contribution in [0.5, 0.6) is 0 Å². The van der Waals surface area contributed by atoms with Crippen molar-refractivity contribution < 1.29 is 14.0 Å². The SMILES string of the molecule is CN[C@@H](C)C(=O)N[C@H](C(=O)N1CCC[C@H]1CNCCc1ccc(F)cc1)C(C)(C)C. The molecule has 3 N–H and O–H groups in total. The fourth-order valence-corrected chi connectivity index (χ4v) is 3.70. The number of carbonyl (C=O) groups excluding carboxylic acids is 2. The number of likely N-dealkylation sites (tertiary alicyclic amines) is 1. The third-order valence-electron chi connectivity index (χ3n) is 5.77. The predicted octanol–water partition coefficient (Wildman–Crippen LogP) is 2.09. The Balaban J connectivity index is 1.93. The number of nitrogens with zero attached hydrogens (tertiary/aromatic N) is 1. The maximum absolute atomic E-state index is 13.4. The number of rotatable bonds is 9. The van der Waals surface area contributed by atoms with E-state index >= 15 is 0 Å². The van der Waals surface area contributed by atoms with Crippen LogP contribution in [0, 0.1) is 11.2 Å². The predicted molar refractivity (Wildman–Crippen MR) is 118 cm³/mol. The first kappa shape index (κ1) is 24.3. The van der Waals surface area contributed by atoms with Crippen LogP contribution in [0.2, 0.25) is 0 Å². The molecule has 0 aliphatic carbocycles. The molecule has 0 spiro atoms. The molecule has 1 aliphatic heterocycles. The van der Waals surface area contributed by atoms with E-state index in [0.717, 1.165) is 31.4 Å². The smallest absolute Gasteiger partial charge is 0.245 e. The van der Waals surface area contributed by atoms with Crippen LogP contribution in [0.3, 0.4) is 0 Å². The summed E-state index contributed by atoms with van der Waals surface area (Å²) in [7, 11) is 1.73. The molecule has 1 aromatic carbocycles. The summed E-state index contributed by atoms with van der Waals surface area (Å²) in [6.07, 6.45) is 2.73. The lowest BCUT2D eigenvalue weighted by Gasteiger charge is -2.36. The van der Waals surface area contributed by atoms with E-state index in [1.807, 2.05) is 25.7 Å². The van der Waals surface area contributed by atoms with Gasteiger partial charge in [0.1, 0.15) is 11.9 Å². The molecule has 1 saturated heterocycles. The Morgan fingerprint density at radius 2 is 1.90 bits per heavy atom. The summed E-state index contributed by atoms with van der Waals surface area (Å²) in [4.78, 5) is 27.7. The number of hydrogen-bond donors (Lipinski definition) is 3. The summed E-state index contributed by atoms with van der Waals surface area (Å²) in [6.45, 7) is 9.91. The van der Waals surface area contributed by atoms with Crippen LogP contribution >= 0.6 is 0 Å². The molecule has 0 radical (unpaired) electrons. The Bertz CT molecular complexity index is 702. The lowest BCUT2D eigenvalue weighted by Crippen LogP contribution is -2.58. The van der Waals surface area contributed by atoms with Gasteiger partial charge in [-0.1, -0.05) is 32.9 Å². The number of hydrogen-bond acceptors (Lipinski definition) is 4. The van der Waals surface area contributed by atoms with Crippen LogP contribution < -0.4 is 16.0 Å². The van der Waals surface area contributed by atoms with Crippen LogP contribution in [-0.2, 0) is 16.0 Å². The van der Waals surface area contributed by atoms with E-state index in [1.165, 1.54) is 12.1 Å². The van der Waals surface area contributed by atoms with Gasteiger partial charge in [0.15, 0.2) is 0 Å². The first-order chi connectivity index (χ1) is 14.1. The first-order valence-corrected chi connectivity index (χ1v) is 10.9. The second-order valence-corrected chi connectivity index (χ2v) is 9.23. The lowest BCUT2D eigenvalue weighted by atomic mass is 9.85. The number of likely N-dealkylation sites (N-methyl/N-ethyl adjacent to an activating group) is 1. The third-order valence-corrected chi connectivity index (χ3v) is 5.77. The minimum atomic E-state index is -0.569. The van der Waals surface area contributed by atoms with E-state index < -0.39 is 6.04 Å². The highest BCUT2D eigenvalue weighted by molar-refractivity contribution is 5.90. The van der Waals surface area contributed by atoms with Crippen molar-refractivity contribution in [1.29, 1.82) is 0 Å². The van der Waals surface area contributed by atoms with E-state index in [4.69, 9.17) is 0 Å². The molecule has 1 aliphatic rings. The minimum Gasteiger partial charge on any atom is -0.342 e. The molecule has 7 heteroatoms. The average molecular weight is 421 g/mol. The number of nitrogens with one attached hydrogen (secondary N) is 3. The van der Waals surface area contributed by atoms with E-state index in [2.05, 4.69) is 16.0 Å². The summed E-state index contributed by atoms with van der Waals surface area (Å²) < 4.78 is 13.0. The standard InChI is InChI=1S/C23H37FN4O2/c1-16(25-5)21(29)27-20(23(2,3)4)22(30)28-14-6-7-19(28)15-26-13-12-17-8-10-18(24)11-9-17/h8-11,16,19-20,25-26H,6-7,12-15H2,1-5H3,(H,27,29)/t16-,19-,20+/m0/s1. The van der Waals surface area contributed by atoms with Gasteiger partial charge in [-0.2, -0.15) is 0 Å². The average Bonchev–Trinajstić information content (AvgIpc) is 3.17. The molecule has 3 atom stereocenters. The van der Waals surface area contributed by atoms with Gasteiger partial charge in [-0.05, 0) is 62.9 Å². The van der Waals surface area contributed by atoms with Crippen LogP contribution in [-0.4, -0.2) is 61.5 Å². The first-order valence-electron chi connectivity index (χ1n) is 10.9. The van der Waals surface area contributed by atoms with Gasteiger partial charge in [0, 0.05) is 19.1 Å². The summed E-state index contributed by atoms with van der Waals surface area (Å²) >= 11 is 0. The quantitative estimate of drug-likeness (QED) is 0.535. The fourth-order valence-electron chi connectivity index (χ4n) is 3.70. The Morgan fingerprint density at radius 1 is 1.23 bits per heavy atom. The van der Waals surface area contributed by atoms with Crippen molar-refractivity contribution in [2.24, 2.45) is 5.41 Å². The second-order valence-electron chi connectivity index (χ2n) is 9.23. The molecule has 30 heavy (non-hydrogen) atoms. The summed E-state index contributed by atoms with van der Waals surface area (Å²) in [6, 6.07) is 5.74. The van der Waals surface area contributed by atoms with E-state index in [9.17, 15) is 14.0 Å². The molecule has 0 aromatic heterocycles. The van der Waals surface area contributed by atoms with Gasteiger partial charge in [-0.15, -0.1) is 0 Å². The van der Waals surface area contributed by atoms with Crippen LogP contribution in [0.25, 0.3) is 0 Å². The molecular formula is C23H37FN4O2. The monoisotopic (exact) mass is 420 g/mol. The number of carbonyl (C=O) groups is 2. The third kappa shape index (κ3) is 6.77. The molecular weight excluding hydrogens is 383 g/mol. The van der Waals surface area contributed by atoms with Crippen molar-refractivity contribution >= 4 is 11.8 Å². The van der Waals surface area contributed by atoms with Gasteiger partial charge >= 0.3 is 0 Å². The van der Waals surface area contributed by atoms with Gasteiger partial charge in [0.25, 0.3) is 0 Å². The molecule has 2 amide bonds. The fraction of sp³-hybridized carbons (Fsp3) is 0.652. The summed E-state index contributed by atoms with van der Waals surface area (Å²) in [5.74, 6) is -0.405. The molecule has 0 saturated carbocycles. The molecule has 168 valence electrons. The second kappa shape index (κ2) is 10.9. The van der Waals surface area contributed by atoms with Crippen molar-refractivity contribution in [2.45, 2.75) is 65.1 Å². The zero-order valence-electron chi connectivity index (χ0n) is 18.9. The Labute approximate surface area is 180 Å². The van der Waals surface area contributed by atoms with Crippen molar-refractivity contribution in [3.8, 4) is 0 Å². The van der Waals surface area contributed by atoms with Crippen molar-refractivity contribution in [2.75, 3.05) is 26.7 Å². The Kier molecular flexibility index (Phi) is 8.79. The van der Waals surface area contributed by atoms with Crippen molar-refractivity contribution in [3.63, 3.8) is 0 Å². The van der Waals surface area contributed by atoms with E-state index in [0.29, 0.717) is 13.1 Å². The highest BCUT2D eigenvalue weighted by Crippen LogP contribution is 2.25. The topological polar surface area (TPSA) is 73.5 Å². The highest BCUT2D eigenvalue weighted by atomic mass is 19.1. The van der Waals surface area contributed by atoms with Crippen molar-refractivity contribution in [1.82, 2.24) is 20.9 Å². The summed E-state index contributed by atoms with van der Waals surface area (Å²) in [5, 5.41) is 9.31. The molecule has 0 bridgehead atoms. The molecule has 0 unspecified atom stereocenters. The van der Waals surface area contributed by atoms with Gasteiger partial charge in [0.2, 0.25) is 11.8 Å². The molecule has 2 rings (SSSR count). The molecule has 6 nitrogen and oxygen atoms in total. The summed E-state index contributed by atoms with van der Waals surface area (Å²) in [5.41, 5.74) is 0.695. The highest BCUT2D eigenvalue weighted by Gasteiger charge is 2.39.